The van der Waals surface area contributed by atoms with Crippen LogP contribution in [0.5, 0.6) is 0 Å². The van der Waals surface area contributed by atoms with Crippen molar-refractivity contribution in [2.45, 2.75) is 39.0 Å². The second-order valence-corrected chi connectivity index (χ2v) is 9.05. The molecule has 6 nitrogen and oxygen atoms in total. The molecule has 1 aliphatic rings. The topological polar surface area (TPSA) is 60.2 Å². The van der Waals surface area contributed by atoms with Gasteiger partial charge in [-0.05, 0) is 37.3 Å². The number of thiophene rings is 1. The summed E-state index contributed by atoms with van der Waals surface area (Å²) >= 11 is 1.67. The Bertz CT molecular complexity index is 1200. The predicted molar refractivity (Wildman–Crippen MR) is 127 cm³/mol. The van der Waals surface area contributed by atoms with E-state index in [2.05, 4.69) is 11.2 Å². The molecule has 0 N–H and O–H groups in total. The summed E-state index contributed by atoms with van der Waals surface area (Å²) in [6, 6.07) is 16.0. The number of carbonyl (C=O) groups excluding carboxylic acids is 1. The van der Waals surface area contributed by atoms with Gasteiger partial charge in [0.05, 0.1) is 35.5 Å². The van der Waals surface area contributed by atoms with E-state index in [1.165, 1.54) is 0 Å². The summed E-state index contributed by atoms with van der Waals surface area (Å²) in [6.45, 7) is 4.65. The van der Waals surface area contributed by atoms with Crippen LogP contribution in [0.2, 0.25) is 0 Å². The first kappa shape index (κ1) is 20.8. The summed E-state index contributed by atoms with van der Waals surface area (Å²) in [5.41, 5.74) is 3.15. The van der Waals surface area contributed by atoms with Crippen molar-refractivity contribution in [1.82, 2.24) is 19.7 Å². The quantitative estimate of drug-likeness (QED) is 0.401. The van der Waals surface area contributed by atoms with Gasteiger partial charge in [-0.1, -0.05) is 36.4 Å². The smallest absolute Gasteiger partial charge is 0.255 e. The van der Waals surface area contributed by atoms with E-state index in [-0.39, 0.29) is 12.0 Å². The molecule has 0 radical (unpaired) electrons. The normalized spacial score (nSPS) is 16.0. The van der Waals surface area contributed by atoms with E-state index in [4.69, 9.17) is 9.72 Å². The Morgan fingerprint density at radius 3 is 2.84 bits per heavy atom. The Balaban J connectivity index is 1.58. The van der Waals surface area contributed by atoms with E-state index in [9.17, 15) is 4.79 Å². The van der Waals surface area contributed by atoms with Crippen LogP contribution in [-0.2, 0) is 17.8 Å². The lowest BCUT2D eigenvalue weighted by Gasteiger charge is -2.25. The molecule has 1 saturated heterocycles. The predicted octanol–water partition coefficient (Wildman–Crippen LogP) is 5.00. The number of ether oxygens (including phenoxy) is 1. The second-order valence-electron chi connectivity index (χ2n) is 8.02. The Kier molecular flexibility index (Phi) is 6.01. The fourth-order valence-electron chi connectivity index (χ4n) is 4.23. The third-order valence-electron chi connectivity index (χ3n) is 5.87. The maximum absolute atomic E-state index is 14.0. The van der Waals surface area contributed by atoms with Crippen molar-refractivity contribution >= 4 is 28.3 Å². The number of aryl methyl sites for hydroxylation is 1. The van der Waals surface area contributed by atoms with Crippen molar-refractivity contribution < 1.29 is 9.53 Å². The summed E-state index contributed by atoms with van der Waals surface area (Å²) in [7, 11) is 0. The van der Waals surface area contributed by atoms with Gasteiger partial charge >= 0.3 is 0 Å². The zero-order valence-electron chi connectivity index (χ0n) is 18.1. The number of hydrogen-bond acceptors (Lipinski definition) is 5. The lowest BCUT2D eigenvalue weighted by Crippen LogP contribution is -2.37. The number of nitrogens with zero attached hydrogens (tertiary/aromatic N) is 4. The molecule has 0 bridgehead atoms. The van der Waals surface area contributed by atoms with Gasteiger partial charge in [-0.2, -0.15) is 5.10 Å². The minimum Gasteiger partial charge on any atom is -0.376 e. The minimum atomic E-state index is -0.00543. The van der Waals surface area contributed by atoms with Crippen molar-refractivity contribution in [2.24, 2.45) is 0 Å². The summed E-state index contributed by atoms with van der Waals surface area (Å²) in [5, 5.41) is 7.33. The van der Waals surface area contributed by atoms with Crippen molar-refractivity contribution in [3.8, 4) is 11.3 Å². The Morgan fingerprint density at radius 2 is 2.12 bits per heavy atom. The van der Waals surface area contributed by atoms with Crippen LogP contribution in [0.3, 0.4) is 0 Å². The van der Waals surface area contributed by atoms with E-state index >= 15 is 0 Å². The van der Waals surface area contributed by atoms with Gasteiger partial charge in [0, 0.05) is 30.1 Å². The second kappa shape index (κ2) is 9.22. The molecule has 1 atom stereocenters. The van der Waals surface area contributed by atoms with E-state index in [0.29, 0.717) is 25.2 Å². The SMILES string of the molecule is CCn1ncc2c(C(=O)N(Cc3cccs3)CC3CCCO3)cc(-c3ccccc3)nc21. The van der Waals surface area contributed by atoms with Gasteiger partial charge in [-0.15, -0.1) is 11.3 Å². The van der Waals surface area contributed by atoms with Crippen LogP contribution in [0.25, 0.3) is 22.3 Å². The third-order valence-corrected chi connectivity index (χ3v) is 6.73. The molecule has 164 valence electrons. The van der Waals surface area contributed by atoms with Crippen LogP contribution >= 0.6 is 11.3 Å². The maximum atomic E-state index is 14.0. The number of aromatic nitrogens is 3. The molecule has 0 saturated carbocycles. The Morgan fingerprint density at radius 1 is 1.25 bits per heavy atom. The van der Waals surface area contributed by atoms with Crippen LogP contribution in [0.4, 0.5) is 0 Å². The molecule has 32 heavy (non-hydrogen) atoms. The highest BCUT2D eigenvalue weighted by Gasteiger charge is 2.26. The van der Waals surface area contributed by atoms with Gasteiger partial charge in [-0.25, -0.2) is 9.67 Å². The van der Waals surface area contributed by atoms with Gasteiger partial charge in [0.1, 0.15) is 0 Å². The van der Waals surface area contributed by atoms with Crippen molar-refractivity contribution in [2.75, 3.05) is 13.2 Å². The van der Waals surface area contributed by atoms with E-state index in [0.717, 1.165) is 46.6 Å². The van der Waals surface area contributed by atoms with Crippen LogP contribution < -0.4 is 0 Å². The molecule has 5 rings (SSSR count). The summed E-state index contributed by atoms with van der Waals surface area (Å²) in [4.78, 5) is 21.9. The standard InChI is InChI=1S/C25H26N4O2S/c1-2-29-24-22(15-26-29)21(14-23(27-24)18-8-4-3-5-9-18)25(30)28(16-19-10-6-12-31-19)17-20-11-7-13-32-20/h3-5,7-9,11,13-15,19H,2,6,10,12,16-17H2,1H3. The van der Waals surface area contributed by atoms with E-state index in [1.807, 2.05) is 64.4 Å². The molecular formula is C25H26N4O2S. The zero-order chi connectivity index (χ0) is 21.9. The van der Waals surface area contributed by atoms with Gasteiger partial charge in [0.2, 0.25) is 0 Å². The maximum Gasteiger partial charge on any atom is 0.255 e. The summed E-state index contributed by atoms with van der Waals surface area (Å²) < 4.78 is 7.72. The van der Waals surface area contributed by atoms with E-state index < -0.39 is 0 Å². The van der Waals surface area contributed by atoms with Crippen LogP contribution in [-0.4, -0.2) is 44.8 Å². The number of carbonyl (C=O) groups is 1. The molecule has 1 aromatic carbocycles. The molecule has 1 aliphatic heterocycles. The van der Waals surface area contributed by atoms with Crippen molar-refractivity contribution in [3.05, 3.63) is 70.5 Å². The fraction of sp³-hybridized carbons (Fsp3) is 0.320. The average molecular weight is 447 g/mol. The Hall–Kier alpha value is -3.03. The molecule has 1 amide bonds. The number of rotatable bonds is 7. The fourth-order valence-corrected chi connectivity index (χ4v) is 4.95. The molecule has 0 aliphatic carbocycles. The molecule has 4 aromatic rings. The highest BCUT2D eigenvalue weighted by molar-refractivity contribution is 7.09. The number of amides is 1. The van der Waals surface area contributed by atoms with Gasteiger partial charge in [-0.3, -0.25) is 4.79 Å². The first-order valence-electron chi connectivity index (χ1n) is 11.1. The molecule has 3 aromatic heterocycles. The van der Waals surface area contributed by atoms with Crippen LogP contribution in [0, 0.1) is 0 Å². The first-order valence-corrected chi connectivity index (χ1v) is 12.0. The summed E-state index contributed by atoms with van der Waals surface area (Å²) in [6.07, 6.45) is 3.89. The van der Waals surface area contributed by atoms with Crippen molar-refractivity contribution in [3.63, 3.8) is 0 Å². The zero-order valence-corrected chi connectivity index (χ0v) is 18.9. The van der Waals surface area contributed by atoms with Crippen LogP contribution in [0.1, 0.15) is 35.0 Å². The van der Waals surface area contributed by atoms with Gasteiger partial charge in [0.15, 0.2) is 5.65 Å². The molecule has 4 heterocycles. The van der Waals surface area contributed by atoms with Gasteiger partial charge in [0.25, 0.3) is 5.91 Å². The van der Waals surface area contributed by atoms with Crippen molar-refractivity contribution in [1.29, 1.82) is 0 Å². The molecular weight excluding hydrogens is 420 g/mol. The third kappa shape index (κ3) is 4.18. The van der Waals surface area contributed by atoms with Gasteiger partial charge < -0.3 is 9.64 Å². The molecule has 0 spiro atoms. The van der Waals surface area contributed by atoms with Crippen LogP contribution in [0.15, 0.2) is 60.1 Å². The highest BCUT2D eigenvalue weighted by atomic mass is 32.1. The summed E-state index contributed by atoms with van der Waals surface area (Å²) in [5.74, 6) is -0.00543. The number of benzene rings is 1. The number of fused-ring (bicyclic) bond motifs is 1. The minimum absolute atomic E-state index is 0.00543. The number of pyridine rings is 1. The van der Waals surface area contributed by atoms with E-state index in [1.54, 1.807) is 17.5 Å². The molecule has 1 unspecified atom stereocenters. The monoisotopic (exact) mass is 446 g/mol. The Labute approximate surface area is 191 Å². The lowest BCUT2D eigenvalue weighted by atomic mass is 10.1. The largest absolute Gasteiger partial charge is 0.376 e. The number of hydrogen-bond donors (Lipinski definition) is 0. The molecule has 7 heteroatoms. The average Bonchev–Trinajstić information content (AvgIpc) is 3.60. The lowest BCUT2D eigenvalue weighted by molar-refractivity contribution is 0.0511. The molecule has 1 fully saturated rings. The highest BCUT2D eigenvalue weighted by Crippen LogP contribution is 2.27. The first-order chi connectivity index (χ1) is 15.7.